The number of carbonyl (C=O) groups excluding carboxylic acids is 3. The summed E-state index contributed by atoms with van der Waals surface area (Å²) in [6.07, 6.45) is 5.42. The van der Waals surface area contributed by atoms with E-state index in [1.165, 1.54) is 16.2 Å². The van der Waals surface area contributed by atoms with Crippen LogP contribution in [0.4, 0.5) is 5.13 Å². The van der Waals surface area contributed by atoms with E-state index in [0.29, 0.717) is 24.4 Å². The third-order valence-electron chi connectivity index (χ3n) is 6.24. The van der Waals surface area contributed by atoms with Crippen LogP contribution in [0.25, 0.3) is 11.3 Å². The van der Waals surface area contributed by atoms with Gasteiger partial charge in [0.2, 0.25) is 17.7 Å². The molecule has 33 heavy (non-hydrogen) atoms. The fraction of sp³-hybridized carbons (Fsp3) is 0.440. The average Bonchev–Trinajstić information content (AvgIpc) is 3.29. The van der Waals surface area contributed by atoms with Crippen molar-refractivity contribution in [2.24, 2.45) is 17.8 Å². The first-order valence-electron chi connectivity index (χ1n) is 11.2. The second kappa shape index (κ2) is 9.47. The highest BCUT2D eigenvalue weighted by Gasteiger charge is 2.51. The summed E-state index contributed by atoms with van der Waals surface area (Å²) in [5, 5.41) is 3.34. The van der Waals surface area contributed by atoms with Crippen LogP contribution in [0.1, 0.15) is 38.0 Å². The van der Waals surface area contributed by atoms with E-state index in [-0.39, 0.29) is 35.5 Å². The average molecular weight is 468 g/mol. The molecular weight excluding hydrogens is 438 g/mol. The third-order valence-corrected chi connectivity index (χ3v) is 7.13. The summed E-state index contributed by atoms with van der Waals surface area (Å²) in [5.41, 5.74) is 1.70. The molecule has 4 rings (SSSR count). The monoisotopic (exact) mass is 467 g/mol. The van der Waals surface area contributed by atoms with Crippen LogP contribution in [0.3, 0.4) is 0 Å². The van der Waals surface area contributed by atoms with Crippen molar-refractivity contribution in [3.63, 3.8) is 0 Å². The summed E-state index contributed by atoms with van der Waals surface area (Å²) in [7, 11) is 1.62. The first-order chi connectivity index (χ1) is 15.8. The number of methoxy groups -OCH3 is 1. The second-order valence-electron chi connectivity index (χ2n) is 8.99. The molecule has 2 aromatic rings. The molecule has 3 atom stereocenters. The molecule has 174 valence electrons. The van der Waals surface area contributed by atoms with Gasteiger partial charge in [0.05, 0.1) is 24.6 Å². The van der Waals surface area contributed by atoms with Gasteiger partial charge in [-0.05, 0) is 56.4 Å². The van der Waals surface area contributed by atoms with Crippen molar-refractivity contribution in [3.05, 3.63) is 41.3 Å². The van der Waals surface area contributed by atoms with Gasteiger partial charge >= 0.3 is 0 Å². The zero-order valence-corrected chi connectivity index (χ0v) is 20.1. The summed E-state index contributed by atoms with van der Waals surface area (Å²) in [6, 6.07) is 6.73. The van der Waals surface area contributed by atoms with Crippen LogP contribution in [-0.2, 0) is 14.4 Å². The summed E-state index contributed by atoms with van der Waals surface area (Å²) >= 11 is 1.38. The number of rotatable bonds is 7. The lowest BCUT2D eigenvalue weighted by Crippen LogP contribution is -2.48. The molecule has 3 amide bonds. The number of aryl methyl sites for hydroxylation is 1. The van der Waals surface area contributed by atoms with Crippen LogP contribution in [0.2, 0.25) is 0 Å². The molecule has 1 aliphatic heterocycles. The fourth-order valence-corrected chi connectivity index (χ4v) is 5.40. The minimum Gasteiger partial charge on any atom is -0.497 e. The number of fused-ring (bicyclic) bond motifs is 1. The maximum atomic E-state index is 13.3. The van der Waals surface area contributed by atoms with Crippen molar-refractivity contribution >= 4 is 34.2 Å². The maximum Gasteiger partial charge on any atom is 0.249 e. The Labute approximate surface area is 197 Å². The Hall–Kier alpha value is -3.00. The lowest BCUT2D eigenvalue weighted by atomic mass is 9.85. The van der Waals surface area contributed by atoms with Crippen molar-refractivity contribution in [1.82, 2.24) is 9.88 Å². The van der Waals surface area contributed by atoms with Gasteiger partial charge < -0.3 is 10.1 Å². The highest BCUT2D eigenvalue weighted by atomic mass is 32.1. The van der Waals surface area contributed by atoms with E-state index < -0.39 is 6.04 Å². The van der Waals surface area contributed by atoms with Crippen LogP contribution in [0.15, 0.2) is 36.4 Å². The fourth-order valence-electron chi connectivity index (χ4n) is 4.56. The molecule has 7 nitrogen and oxygen atoms in total. The topological polar surface area (TPSA) is 88.6 Å². The molecule has 0 saturated carbocycles. The maximum absolute atomic E-state index is 13.3. The lowest BCUT2D eigenvalue weighted by molar-refractivity contribution is -0.147. The third kappa shape index (κ3) is 4.57. The van der Waals surface area contributed by atoms with Crippen molar-refractivity contribution in [1.29, 1.82) is 0 Å². The van der Waals surface area contributed by atoms with Crippen LogP contribution >= 0.6 is 11.3 Å². The van der Waals surface area contributed by atoms with Gasteiger partial charge in [0.1, 0.15) is 11.8 Å². The van der Waals surface area contributed by atoms with E-state index in [1.807, 2.05) is 57.2 Å². The van der Waals surface area contributed by atoms with Crippen LogP contribution in [0, 0.1) is 24.7 Å². The number of ether oxygens (including phenoxy) is 1. The molecular formula is C25H29N3O4S. The molecule has 0 bridgehead atoms. The largest absolute Gasteiger partial charge is 0.497 e. The number of amides is 3. The van der Waals surface area contributed by atoms with Crippen molar-refractivity contribution in [2.45, 2.75) is 46.1 Å². The number of aromatic nitrogens is 1. The Kier molecular flexibility index (Phi) is 6.65. The van der Waals surface area contributed by atoms with Crippen molar-refractivity contribution in [3.8, 4) is 17.0 Å². The summed E-state index contributed by atoms with van der Waals surface area (Å²) < 4.78 is 5.21. The standard InChI is InChI=1S/C25H29N3O4S/c1-14(2)13-20(28-23(30)18-7-5-6-8-19(18)24(28)31)22(29)27-25-26-21(15(3)33-25)16-9-11-17(32-4)12-10-16/h5-6,9-12,14,18-20H,7-8,13H2,1-4H3,(H,26,27,29). The molecule has 1 aliphatic carbocycles. The predicted octanol–water partition coefficient (Wildman–Crippen LogP) is 4.43. The van der Waals surface area contributed by atoms with E-state index >= 15 is 0 Å². The van der Waals surface area contributed by atoms with Crippen LogP contribution < -0.4 is 10.1 Å². The van der Waals surface area contributed by atoms with E-state index in [4.69, 9.17) is 4.74 Å². The number of imide groups is 1. The molecule has 1 N–H and O–H groups in total. The molecule has 0 radical (unpaired) electrons. The highest BCUT2D eigenvalue weighted by molar-refractivity contribution is 7.16. The van der Waals surface area contributed by atoms with Gasteiger partial charge in [0.15, 0.2) is 5.13 Å². The first-order valence-corrected chi connectivity index (χ1v) is 12.1. The van der Waals surface area contributed by atoms with Gasteiger partial charge in [0.25, 0.3) is 0 Å². The zero-order chi connectivity index (χ0) is 23.7. The van der Waals surface area contributed by atoms with Gasteiger partial charge in [-0.2, -0.15) is 0 Å². The predicted molar refractivity (Wildman–Crippen MR) is 128 cm³/mol. The summed E-state index contributed by atoms with van der Waals surface area (Å²) in [5.74, 6) is -0.647. The van der Waals surface area contributed by atoms with Gasteiger partial charge in [0, 0.05) is 10.4 Å². The molecule has 2 aliphatic rings. The minimum absolute atomic E-state index is 0.134. The number of carbonyl (C=O) groups is 3. The number of nitrogens with zero attached hydrogens (tertiary/aromatic N) is 2. The summed E-state index contributed by atoms with van der Waals surface area (Å²) in [4.78, 5) is 46.3. The molecule has 1 aromatic carbocycles. The van der Waals surface area contributed by atoms with E-state index in [2.05, 4.69) is 10.3 Å². The molecule has 8 heteroatoms. The number of allylic oxidation sites excluding steroid dienone is 2. The second-order valence-corrected chi connectivity index (χ2v) is 10.2. The number of anilines is 1. The number of thiazole rings is 1. The van der Waals surface area contributed by atoms with Gasteiger partial charge in [-0.3, -0.25) is 19.3 Å². The molecule has 1 fully saturated rings. The van der Waals surface area contributed by atoms with E-state index in [1.54, 1.807) is 7.11 Å². The first kappa shape index (κ1) is 23.2. The van der Waals surface area contributed by atoms with Crippen molar-refractivity contribution in [2.75, 3.05) is 12.4 Å². The smallest absolute Gasteiger partial charge is 0.249 e. The van der Waals surface area contributed by atoms with Gasteiger partial charge in [-0.15, -0.1) is 11.3 Å². The van der Waals surface area contributed by atoms with Crippen LogP contribution in [-0.4, -0.2) is 40.8 Å². The normalized spacial score (nSPS) is 20.8. The number of benzene rings is 1. The van der Waals surface area contributed by atoms with Gasteiger partial charge in [-0.25, -0.2) is 4.98 Å². The van der Waals surface area contributed by atoms with E-state index in [9.17, 15) is 14.4 Å². The van der Waals surface area contributed by atoms with Crippen molar-refractivity contribution < 1.29 is 19.1 Å². The number of nitrogens with one attached hydrogen (secondary N) is 1. The molecule has 1 aromatic heterocycles. The minimum atomic E-state index is -0.843. The summed E-state index contributed by atoms with van der Waals surface area (Å²) in [6.45, 7) is 5.91. The molecule has 2 heterocycles. The van der Waals surface area contributed by atoms with Gasteiger partial charge in [-0.1, -0.05) is 26.0 Å². The number of hydrogen-bond acceptors (Lipinski definition) is 6. The lowest BCUT2D eigenvalue weighted by Gasteiger charge is -2.27. The van der Waals surface area contributed by atoms with E-state index in [0.717, 1.165) is 21.9 Å². The Morgan fingerprint density at radius 3 is 2.30 bits per heavy atom. The Bertz CT molecular complexity index is 1060. The Balaban J connectivity index is 1.56. The molecule has 0 spiro atoms. The molecule has 3 unspecified atom stereocenters. The van der Waals surface area contributed by atoms with Crippen LogP contribution in [0.5, 0.6) is 5.75 Å². The quantitative estimate of drug-likeness (QED) is 0.481. The molecule has 1 saturated heterocycles. The Morgan fingerprint density at radius 2 is 1.76 bits per heavy atom. The Morgan fingerprint density at radius 1 is 1.15 bits per heavy atom. The zero-order valence-electron chi connectivity index (χ0n) is 19.3. The SMILES string of the molecule is COc1ccc(-c2nc(NC(=O)C(CC(C)C)N3C(=O)C4CC=CCC4C3=O)sc2C)cc1. The number of hydrogen-bond donors (Lipinski definition) is 1. The highest BCUT2D eigenvalue weighted by Crippen LogP contribution is 2.37. The number of likely N-dealkylation sites (tertiary alicyclic amines) is 1.